The summed E-state index contributed by atoms with van der Waals surface area (Å²) in [5.41, 5.74) is 2.81. The number of rotatable bonds is 8. The van der Waals surface area contributed by atoms with Gasteiger partial charge in [-0.1, -0.05) is 42.5 Å². The molecule has 0 spiro atoms. The second-order valence-corrected chi connectivity index (χ2v) is 7.51. The SMILES string of the molecule is CCNC(=NCc1cccc(Oc2ccccc2)c1)NCc1ccc(C(=O)N(C)C)cc1.I. The fourth-order valence-electron chi connectivity index (χ4n) is 3.05. The van der Waals surface area contributed by atoms with E-state index < -0.39 is 0 Å². The quantitative estimate of drug-likeness (QED) is 0.231. The zero-order valence-corrected chi connectivity index (χ0v) is 21.6. The van der Waals surface area contributed by atoms with Crippen molar-refractivity contribution in [3.05, 3.63) is 95.6 Å². The van der Waals surface area contributed by atoms with Crippen LogP contribution in [0.2, 0.25) is 0 Å². The lowest BCUT2D eigenvalue weighted by Gasteiger charge is -2.13. The molecule has 33 heavy (non-hydrogen) atoms. The number of nitrogens with one attached hydrogen (secondary N) is 2. The average Bonchev–Trinajstić information content (AvgIpc) is 2.81. The molecular formula is C26H31IN4O2. The number of carbonyl (C=O) groups is 1. The maximum Gasteiger partial charge on any atom is 0.253 e. The lowest BCUT2D eigenvalue weighted by molar-refractivity contribution is 0.0827. The van der Waals surface area contributed by atoms with Crippen molar-refractivity contribution >= 4 is 35.8 Å². The second kappa shape index (κ2) is 13.5. The van der Waals surface area contributed by atoms with E-state index in [1.165, 1.54) is 0 Å². The Balaban J connectivity index is 0.00000385. The third kappa shape index (κ3) is 8.42. The van der Waals surface area contributed by atoms with Gasteiger partial charge in [0.2, 0.25) is 0 Å². The fourth-order valence-corrected chi connectivity index (χ4v) is 3.05. The van der Waals surface area contributed by atoms with Crippen molar-refractivity contribution in [2.75, 3.05) is 20.6 Å². The minimum atomic E-state index is -0.00196. The summed E-state index contributed by atoms with van der Waals surface area (Å²) in [4.78, 5) is 18.3. The molecule has 0 bridgehead atoms. The van der Waals surface area contributed by atoms with Crippen LogP contribution >= 0.6 is 24.0 Å². The average molecular weight is 558 g/mol. The minimum Gasteiger partial charge on any atom is -0.457 e. The molecule has 0 radical (unpaired) electrons. The predicted molar refractivity (Wildman–Crippen MR) is 144 cm³/mol. The van der Waals surface area contributed by atoms with Gasteiger partial charge in [-0.3, -0.25) is 4.79 Å². The number of aliphatic imine (C=N–C) groups is 1. The van der Waals surface area contributed by atoms with Gasteiger partial charge in [0.25, 0.3) is 5.91 Å². The van der Waals surface area contributed by atoms with Gasteiger partial charge in [0.1, 0.15) is 11.5 Å². The van der Waals surface area contributed by atoms with Crippen LogP contribution in [-0.2, 0) is 13.1 Å². The van der Waals surface area contributed by atoms with Gasteiger partial charge >= 0.3 is 0 Å². The number of guanidine groups is 1. The maximum absolute atomic E-state index is 12.0. The lowest BCUT2D eigenvalue weighted by Crippen LogP contribution is -2.36. The Morgan fingerprint density at radius 1 is 0.879 bits per heavy atom. The summed E-state index contributed by atoms with van der Waals surface area (Å²) >= 11 is 0. The predicted octanol–water partition coefficient (Wildman–Crippen LogP) is 5.05. The molecule has 3 aromatic rings. The van der Waals surface area contributed by atoms with Gasteiger partial charge < -0.3 is 20.3 Å². The van der Waals surface area contributed by atoms with E-state index in [2.05, 4.69) is 10.6 Å². The summed E-state index contributed by atoms with van der Waals surface area (Å²) in [7, 11) is 3.50. The Kier molecular flexibility index (Phi) is 10.7. The Bertz CT molecular complexity index is 1040. The van der Waals surface area contributed by atoms with Crippen molar-refractivity contribution < 1.29 is 9.53 Å². The van der Waals surface area contributed by atoms with Gasteiger partial charge in [-0.15, -0.1) is 24.0 Å². The molecule has 3 aromatic carbocycles. The van der Waals surface area contributed by atoms with Crippen molar-refractivity contribution in [3.8, 4) is 11.5 Å². The van der Waals surface area contributed by atoms with E-state index in [1.54, 1.807) is 19.0 Å². The zero-order valence-electron chi connectivity index (χ0n) is 19.2. The first kappa shape index (κ1) is 26.2. The topological polar surface area (TPSA) is 66.0 Å². The molecule has 2 N–H and O–H groups in total. The first-order valence-corrected chi connectivity index (χ1v) is 10.7. The fraction of sp³-hybridized carbons (Fsp3) is 0.231. The molecule has 7 heteroatoms. The number of hydrogen-bond donors (Lipinski definition) is 2. The number of halogens is 1. The van der Waals surface area contributed by atoms with Gasteiger partial charge in [-0.2, -0.15) is 0 Å². The number of carbonyl (C=O) groups excluding carboxylic acids is 1. The number of nitrogens with zero attached hydrogens (tertiary/aromatic N) is 2. The molecule has 174 valence electrons. The van der Waals surface area contributed by atoms with Crippen molar-refractivity contribution in [3.63, 3.8) is 0 Å². The number of ether oxygens (including phenoxy) is 1. The van der Waals surface area contributed by atoms with Crippen LogP contribution in [0.5, 0.6) is 11.5 Å². The molecule has 0 aliphatic carbocycles. The van der Waals surface area contributed by atoms with Crippen molar-refractivity contribution in [2.24, 2.45) is 4.99 Å². The van der Waals surface area contributed by atoms with Crippen molar-refractivity contribution in [1.29, 1.82) is 0 Å². The number of para-hydroxylation sites is 1. The molecule has 0 aliphatic heterocycles. The molecule has 0 atom stereocenters. The highest BCUT2D eigenvalue weighted by atomic mass is 127. The summed E-state index contributed by atoms with van der Waals surface area (Å²) < 4.78 is 5.91. The van der Waals surface area contributed by atoms with Crippen LogP contribution in [-0.4, -0.2) is 37.4 Å². The van der Waals surface area contributed by atoms with Crippen molar-refractivity contribution in [2.45, 2.75) is 20.0 Å². The second-order valence-electron chi connectivity index (χ2n) is 7.51. The van der Waals surface area contributed by atoms with Gasteiger partial charge in [-0.25, -0.2) is 4.99 Å². The summed E-state index contributed by atoms with van der Waals surface area (Å²) in [5.74, 6) is 2.32. The first-order valence-electron chi connectivity index (χ1n) is 10.7. The third-order valence-corrected chi connectivity index (χ3v) is 4.71. The van der Waals surface area contributed by atoms with Crippen LogP contribution in [0.25, 0.3) is 0 Å². The third-order valence-electron chi connectivity index (χ3n) is 4.71. The maximum atomic E-state index is 12.0. The largest absolute Gasteiger partial charge is 0.457 e. The van der Waals surface area contributed by atoms with Gasteiger partial charge in [0, 0.05) is 32.7 Å². The van der Waals surface area contributed by atoms with E-state index >= 15 is 0 Å². The molecule has 1 amide bonds. The van der Waals surface area contributed by atoms with Crippen LogP contribution in [0, 0.1) is 0 Å². The lowest BCUT2D eigenvalue weighted by atomic mass is 10.1. The Labute approximate surface area is 213 Å². The Morgan fingerprint density at radius 3 is 2.24 bits per heavy atom. The van der Waals surface area contributed by atoms with Crippen LogP contribution in [0.4, 0.5) is 0 Å². The summed E-state index contributed by atoms with van der Waals surface area (Å²) in [6.45, 7) is 3.93. The standard InChI is InChI=1S/C26H30N4O2.HI/c1-4-27-26(28-18-20-13-15-22(16-14-20)25(31)30(2)3)29-19-21-9-8-12-24(17-21)32-23-10-6-5-7-11-23;/h5-17H,4,18-19H2,1-3H3,(H2,27,28,29);1H. The van der Waals surface area contributed by atoms with E-state index in [1.807, 2.05) is 85.8 Å². The van der Waals surface area contributed by atoms with Gasteiger partial charge in [0.05, 0.1) is 6.54 Å². The monoisotopic (exact) mass is 558 g/mol. The van der Waals surface area contributed by atoms with Crippen LogP contribution < -0.4 is 15.4 Å². The highest BCUT2D eigenvalue weighted by Gasteiger charge is 2.07. The molecule has 0 heterocycles. The molecule has 0 saturated carbocycles. The molecule has 0 aromatic heterocycles. The van der Waals surface area contributed by atoms with Crippen molar-refractivity contribution in [1.82, 2.24) is 15.5 Å². The molecule has 0 unspecified atom stereocenters. The van der Waals surface area contributed by atoms with E-state index in [9.17, 15) is 4.79 Å². The van der Waals surface area contributed by atoms with Crippen LogP contribution in [0.15, 0.2) is 83.9 Å². The summed E-state index contributed by atoms with van der Waals surface area (Å²) in [6.07, 6.45) is 0. The van der Waals surface area contributed by atoms with E-state index in [4.69, 9.17) is 9.73 Å². The smallest absolute Gasteiger partial charge is 0.253 e. The van der Waals surface area contributed by atoms with Gasteiger partial charge in [-0.05, 0) is 54.4 Å². The summed E-state index contributed by atoms with van der Waals surface area (Å²) in [5, 5.41) is 6.61. The van der Waals surface area contributed by atoms with E-state index in [-0.39, 0.29) is 29.9 Å². The molecular weight excluding hydrogens is 527 g/mol. The normalized spacial score (nSPS) is 10.7. The van der Waals surface area contributed by atoms with Gasteiger partial charge in [0.15, 0.2) is 5.96 Å². The van der Waals surface area contributed by atoms with E-state index in [0.717, 1.165) is 35.1 Å². The molecule has 0 fully saturated rings. The first-order chi connectivity index (χ1) is 15.5. The Morgan fingerprint density at radius 2 is 1.58 bits per heavy atom. The number of benzene rings is 3. The highest BCUT2D eigenvalue weighted by molar-refractivity contribution is 14.0. The molecule has 6 nitrogen and oxygen atoms in total. The molecule has 3 rings (SSSR count). The van der Waals surface area contributed by atoms with E-state index in [0.29, 0.717) is 18.7 Å². The zero-order chi connectivity index (χ0) is 22.8. The Hall–Kier alpha value is -3.07. The number of hydrogen-bond acceptors (Lipinski definition) is 3. The summed E-state index contributed by atoms with van der Waals surface area (Å²) in [6, 6.07) is 25.3. The molecule has 0 saturated heterocycles. The number of amides is 1. The van der Waals surface area contributed by atoms with Crippen LogP contribution in [0.1, 0.15) is 28.4 Å². The highest BCUT2D eigenvalue weighted by Crippen LogP contribution is 2.22. The minimum absolute atomic E-state index is 0. The van der Waals surface area contributed by atoms with Crippen LogP contribution in [0.3, 0.4) is 0 Å². The molecule has 0 aliphatic rings.